The lowest BCUT2D eigenvalue weighted by Crippen LogP contribution is -2.31. The number of H-pyrrole nitrogens is 1. The van der Waals surface area contributed by atoms with Crippen molar-refractivity contribution in [3.05, 3.63) is 53.6 Å². The van der Waals surface area contributed by atoms with Crippen LogP contribution in [0.2, 0.25) is 0 Å². The summed E-state index contributed by atoms with van der Waals surface area (Å²) in [5.74, 6) is -0.851. The molecule has 0 unspecified atom stereocenters. The highest BCUT2D eigenvalue weighted by atomic mass is 19.2. The molecular formula is C14H15F2N3O. The molecule has 1 aliphatic heterocycles. The lowest BCUT2D eigenvalue weighted by atomic mass is 10.0. The Kier molecular flexibility index (Phi) is 3.75. The zero-order valence-corrected chi connectivity index (χ0v) is 10.8. The number of ether oxygens (including phenoxy) is 1. The van der Waals surface area contributed by atoms with Crippen molar-refractivity contribution in [3.8, 4) is 0 Å². The van der Waals surface area contributed by atoms with Gasteiger partial charge in [-0.1, -0.05) is 6.07 Å². The molecule has 4 nitrogen and oxygen atoms in total. The number of aromatic amines is 1. The maximum absolute atomic E-state index is 13.3. The molecule has 0 aliphatic carbocycles. The fraction of sp³-hybridized carbons (Fsp3) is 0.357. The predicted octanol–water partition coefficient (Wildman–Crippen LogP) is 2.31. The number of rotatable bonds is 4. The highest BCUT2D eigenvalue weighted by Crippen LogP contribution is 2.30. The quantitative estimate of drug-likeness (QED) is 0.903. The van der Waals surface area contributed by atoms with Crippen molar-refractivity contribution in [2.45, 2.75) is 25.1 Å². The molecule has 0 bridgehead atoms. The van der Waals surface area contributed by atoms with E-state index in [9.17, 15) is 8.78 Å². The zero-order valence-electron chi connectivity index (χ0n) is 10.8. The summed E-state index contributed by atoms with van der Waals surface area (Å²) in [5.41, 5.74) is 0.651. The van der Waals surface area contributed by atoms with Gasteiger partial charge < -0.3 is 15.0 Å². The van der Waals surface area contributed by atoms with Crippen LogP contribution in [0.25, 0.3) is 0 Å². The van der Waals surface area contributed by atoms with E-state index in [2.05, 4.69) is 15.3 Å². The van der Waals surface area contributed by atoms with Gasteiger partial charge in [-0.05, 0) is 24.1 Å². The van der Waals surface area contributed by atoms with E-state index in [-0.39, 0.29) is 12.1 Å². The van der Waals surface area contributed by atoms with Gasteiger partial charge in [0.25, 0.3) is 0 Å². The number of aromatic nitrogens is 2. The van der Waals surface area contributed by atoms with Crippen LogP contribution in [0.3, 0.4) is 0 Å². The summed E-state index contributed by atoms with van der Waals surface area (Å²) in [6, 6.07) is 3.96. The van der Waals surface area contributed by atoms with Crippen LogP contribution in [0.15, 0.2) is 30.6 Å². The minimum absolute atomic E-state index is 0.0601. The molecule has 1 aromatic carbocycles. The Bertz CT molecular complexity index is 574. The fourth-order valence-electron chi connectivity index (χ4n) is 2.44. The fourth-order valence-corrected chi connectivity index (χ4v) is 2.44. The highest BCUT2D eigenvalue weighted by molar-refractivity contribution is 5.22. The molecule has 2 heterocycles. The first-order valence-corrected chi connectivity index (χ1v) is 6.52. The zero-order chi connectivity index (χ0) is 13.9. The van der Waals surface area contributed by atoms with Crippen LogP contribution in [0.1, 0.15) is 23.9 Å². The summed E-state index contributed by atoms with van der Waals surface area (Å²) < 4.78 is 31.9. The van der Waals surface area contributed by atoms with Gasteiger partial charge in [0, 0.05) is 25.0 Å². The summed E-state index contributed by atoms with van der Waals surface area (Å²) in [4.78, 5) is 7.14. The molecular weight excluding hydrogens is 264 g/mol. The van der Waals surface area contributed by atoms with Crippen molar-refractivity contribution in [3.63, 3.8) is 0 Å². The van der Waals surface area contributed by atoms with Gasteiger partial charge in [0.1, 0.15) is 5.82 Å². The second-order valence-electron chi connectivity index (χ2n) is 4.78. The van der Waals surface area contributed by atoms with Crippen LogP contribution in [0, 0.1) is 11.6 Å². The molecule has 0 radical (unpaired) electrons. The lowest BCUT2D eigenvalue weighted by molar-refractivity contribution is 0.0980. The molecule has 6 heteroatoms. The van der Waals surface area contributed by atoms with Gasteiger partial charge in [0.2, 0.25) is 0 Å². The maximum atomic E-state index is 13.3. The van der Waals surface area contributed by atoms with Crippen LogP contribution in [0.5, 0.6) is 0 Å². The van der Waals surface area contributed by atoms with Gasteiger partial charge in [-0.2, -0.15) is 0 Å². The normalized spacial score (nSPS) is 22.3. The van der Waals surface area contributed by atoms with Gasteiger partial charge in [0.05, 0.1) is 12.6 Å². The van der Waals surface area contributed by atoms with E-state index in [0.717, 1.165) is 18.3 Å². The number of nitrogens with zero attached hydrogens (tertiary/aromatic N) is 1. The number of hydrogen-bond acceptors (Lipinski definition) is 3. The number of nitrogens with one attached hydrogen (secondary N) is 2. The Balaban J connectivity index is 1.69. The van der Waals surface area contributed by atoms with Crippen molar-refractivity contribution < 1.29 is 13.5 Å². The van der Waals surface area contributed by atoms with Crippen molar-refractivity contribution in [2.75, 3.05) is 6.61 Å². The Morgan fingerprint density at radius 3 is 3.00 bits per heavy atom. The smallest absolute Gasteiger partial charge is 0.159 e. The van der Waals surface area contributed by atoms with Gasteiger partial charge in [-0.15, -0.1) is 0 Å². The SMILES string of the molecule is Fc1ccc([C@@H]2OCC[C@@H]2NCc2ncc[nH]2)cc1F. The van der Waals surface area contributed by atoms with Crippen LogP contribution in [-0.2, 0) is 11.3 Å². The molecule has 0 saturated carbocycles. The molecule has 2 aromatic rings. The molecule has 20 heavy (non-hydrogen) atoms. The average molecular weight is 279 g/mol. The van der Waals surface area contributed by atoms with E-state index < -0.39 is 11.6 Å². The summed E-state index contributed by atoms with van der Waals surface area (Å²) in [7, 11) is 0. The monoisotopic (exact) mass is 279 g/mol. The third kappa shape index (κ3) is 2.71. The standard InChI is InChI=1S/C14H15F2N3O/c15-10-2-1-9(7-11(10)16)14-12(3-6-20-14)19-8-13-17-4-5-18-13/h1-2,4-5,7,12,14,19H,3,6,8H2,(H,17,18)/t12-,14-/m0/s1. The van der Waals surface area contributed by atoms with E-state index in [0.29, 0.717) is 18.7 Å². The Hall–Kier alpha value is -1.79. The van der Waals surface area contributed by atoms with E-state index in [1.54, 1.807) is 18.5 Å². The summed E-state index contributed by atoms with van der Waals surface area (Å²) in [5, 5.41) is 3.33. The Morgan fingerprint density at radius 2 is 2.25 bits per heavy atom. The first-order chi connectivity index (χ1) is 9.74. The summed E-state index contributed by atoms with van der Waals surface area (Å²) in [6.45, 7) is 1.18. The maximum Gasteiger partial charge on any atom is 0.159 e. The summed E-state index contributed by atoms with van der Waals surface area (Å²) >= 11 is 0. The van der Waals surface area contributed by atoms with E-state index in [1.165, 1.54) is 6.07 Å². The van der Waals surface area contributed by atoms with Crippen molar-refractivity contribution >= 4 is 0 Å². The molecule has 2 N–H and O–H groups in total. The minimum atomic E-state index is -0.845. The third-order valence-electron chi connectivity index (χ3n) is 3.45. The van der Waals surface area contributed by atoms with Gasteiger partial charge in [-0.3, -0.25) is 0 Å². The van der Waals surface area contributed by atoms with Crippen LogP contribution in [-0.4, -0.2) is 22.6 Å². The van der Waals surface area contributed by atoms with Gasteiger partial charge >= 0.3 is 0 Å². The molecule has 1 saturated heterocycles. The van der Waals surface area contributed by atoms with E-state index in [4.69, 9.17) is 4.74 Å². The minimum Gasteiger partial charge on any atom is -0.372 e. The lowest BCUT2D eigenvalue weighted by Gasteiger charge is -2.20. The highest BCUT2D eigenvalue weighted by Gasteiger charge is 2.29. The first-order valence-electron chi connectivity index (χ1n) is 6.52. The van der Waals surface area contributed by atoms with Crippen LogP contribution in [0.4, 0.5) is 8.78 Å². The average Bonchev–Trinajstić information content (AvgIpc) is 3.10. The topological polar surface area (TPSA) is 49.9 Å². The second kappa shape index (κ2) is 5.68. The number of hydrogen-bond donors (Lipinski definition) is 2. The molecule has 1 aromatic heterocycles. The molecule has 0 amide bonds. The van der Waals surface area contributed by atoms with Gasteiger partial charge in [0.15, 0.2) is 11.6 Å². The molecule has 2 atom stereocenters. The molecule has 3 rings (SSSR count). The molecule has 1 fully saturated rings. The molecule has 106 valence electrons. The van der Waals surface area contributed by atoms with E-state index in [1.807, 2.05) is 0 Å². The number of benzene rings is 1. The van der Waals surface area contributed by atoms with Crippen molar-refractivity contribution in [2.24, 2.45) is 0 Å². The Morgan fingerprint density at radius 1 is 1.35 bits per heavy atom. The molecule has 1 aliphatic rings. The largest absolute Gasteiger partial charge is 0.372 e. The van der Waals surface area contributed by atoms with Crippen LogP contribution < -0.4 is 5.32 Å². The summed E-state index contributed by atoms with van der Waals surface area (Å²) in [6.07, 6.45) is 4.01. The molecule has 0 spiro atoms. The third-order valence-corrected chi connectivity index (χ3v) is 3.45. The first kappa shape index (κ1) is 13.2. The van der Waals surface area contributed by atoms with Gasteiger partial charge in [-0.25, -0.2) is 13.8 Å². The number of halogens is 2. The predicted molar refractivity (Wildman–Crippen MR) is 68.9 cm³/mol. The van der Waals surface area contributed by atoms with Crippen molar-refractivity contribution in [1.29, 1.82) is 0 Å². The van der Waals surface area contributed by atoms with Crippen LogP contribution >= 0.6 is 0 Å². The second-order valence-corrected chi connectivity index (χ2v) is 4.78. The van der Waals surface area contributed by atoms with Crippen molar-refractivity contribution in [1.82, 2.24) is 15.3 Å². The Labute approximate surface area is 115 Å². The van der Waals surface area contributed by atoms with E-state index >= 15 is 0 Å². The number of imidazole rings is 1.